The molecular weight excluding hydrogens is 558 g/mol. The van der Waals surface area contributed by atoms with Crippen molar-refractivity contribution in [3.63, 3.8) is 0 Å². The van der Waals surface area contributed by atoms with E-state index in [-0.39, 0.29) is 34.7 Å². The lowest BCUT2D eigenvalue weighted by Crippen LogP contribution is -2.71. The van der Waals surface area contributed by atoms with E-state index >= 15 is 0 Å². The smallest absolute Gasteiger partial charge is 0.353 e. The normalized spacial score (nSPS) is 20.5. The number of anilines is 1. The van der Waals surface area contributed by atoms with Gasteiger partial charge in [0.05, 0.1) is 0 Å². The third-order valence-electron chi connectivity index (χ3n) is 4.21. The summed E-state index contributed by atoms with van der Waals surface area (Å²) < 4.78 is 0.471. The summed E-state index contributed by atoms with van der Waals surface area (Å²) in [5, 5.41) is 24.4. The summed E-state index contributed by atoms with van der Waals surface area (Å²) in [6, 6.07) is -0.960. The number of carbonyl (C=O) groups excluding carboxylic acids is 2. The SMILES string of the molecule is CCO/N=C(\C(=O)NC1C(=O)N2C(C(=O)O)=C(S/C=C/C(=N)N)CS[C@H]12)c1nc(N)sc1Br. The van der Waals surface area contributed by atoms with E-state index in [1.807, 2.05) is 0 Å². The van der Waals surface area contributed by atoms with Crippen LogP contribution in [0.4, 0.5) is 5.13 Å². The number of nitrogens with two attached hydrogens (primary N) is 2. The number of thiazole rings is 1. The molecule has 2 aliphatic heterocycles. The zero-order chi connectivity index (χ0) is 24.3. The Hall–Kier alpha value is -2.56. The van der Waals surface area contributed by atoms with Crippen molar-refractivity contribution in [1.29, 1.82) is 5.41 Å². The van der Waals surface area contributed by atoms with E-state index in [0.29, 0.717) is 14.4 Å². The van der Waals surface area contributed by atoms with Crippen LogP contribution in [0.2, 0.25) is 0 Å². The molecule has 1 unspecified atom stereocenters. The van der Waals surface area contributed by atoms with Gasteiger partial charge in [-0.1, -0.05) is 28.3 Å². The average molecular weight is 576 g/mol. The lowest BCUT2D eigenvalue weighted by molar-refractivity contribution is -0.150. The molecule has 12 nitrogen and oxygen atoms in total. The van der Waals surface area contributed by atoms with Crippen LogP contribution in [0.5, 0.6) is 0 Å². The Morgan fingerprint density at radius 3 is 2.85 bits per heavy atom. The van der Waals surface area contributed by atoms with Gasteiger partial charge in [-0.2, -0.15) is 0 Å². The predicted molar refractivity (Wildman–Crippen MR) is 131 cm³/mol. The zero-order valence-electron chi connectivity index (χ0n) is 16.9. The molecule has 7 N–H and O–H groups in total. The van der Waals surface area contributed by atoms with Crippen LogP contribution < -0.4 is 16.8 Å². The number of rotatable bonds is 9. The summed E-state index contributed by atoms with van der Waals surface area (Å²) in [4.78, 5) is 48.3. The lowest BCUT2D eigenvalue weighted by atomic mass is 10.0. The lowest BCUT2D eigenvalue weighted by Gasteiger charge is -2.49. The molecule has 0 saturated carbocycles. The molecule has 0 aliphatic carbocycles. The van der Waals surface area contributed by atoms with Gasteiger partial charge in [-0.3, -0.25) is 19.9 Å². The van der Waals surface area contributed by atoms with Gasteiger partial charge in [-0.25, -0.2) is 9.78 Å². The summed E-state index contributed by atoms with van der Waals surface area (Å²) in [7, 11) is 0. The third-order valence-corrected chi connectivity index (χ3v) is 8.10. The van der Waals surface area contributed by atoms with Crippen molar-refractivity contribution >= 4 is 85.3 Å². The van der Waals surface area contributed by atoms with Gasteiger partial charge in [0.1, 0.15) is 39.0 Å². The molecule has 0 radical (unpaired) electrons. The number of halogens is 1. The number of nitrogens with zero attached hydrogens (tertiary/aromatic N) is 3. The van der Waals surface area contributed by atoms with Crippen LogP contribution in [-0.4, -0.2) is 68.1 Å². The number of hydrogen-bond acceptors (Lipinski definition) is 11. The van der Waals surface area contributed by atoms with Gasteiger partial charge in [-0.15, -0.1) is 11.8 Å². The number of fused-ring (bicyclic) bond motifs is 1. The summed E-state index contributed by atoms with van der Waals surface area (Å²) in [5.41, 5.74) is 10.8. The van der Waals surface area contributed by atoms with Crippen LogP contribution in [0.15, 0.2) is 31.0 Å². The van der Waals surface area contributed by atoms with Crippen LogP contribution in [0.3, 0.4) is 0 Å². The van der Waals surface area contributed by atoms with Crippen LogP contribution >= 0.6 is 50.8 Å². The first-order valence-electron chi connectivity index (χ1n) is 9.17. The van der Waals surface area contributed by atoms with Crippen molar-refractivity contribution in [2.45, 2.75) is 18.3 Å². The van der Waals surface area contributed by atoms with Crippen molar-refractivity contribution in [1.82, 2.24) is 15.2 Å². The Morgan fingerprint density at radius 1 is 1.55 bits per heavy atom. The van der Waals surface area contributed by atoms with Crippen LogP contribution in [0, 0.1) is 5.41 Å². The summed E-state index contributed by atoms with van der Waals surface area (Å²) in [6.45, 7) is 1.89. The number of carbonyl (C=O) groups is 3. The van der Waals surface area contributed by atoms with Crippen LogP contribution in [0.25, 0.3) is 0 Å². The first kappa shape index (κ1) is 25.1. The number of oxime groups is 1. The first-order chi connectivity index (χ1) is 15.6. The number of aliphatic carboxylic acids is 1. The Morgan fingerprint density at radius 2 is 2.27 bits per heavy atom. The maximum atomic E-state index is 12.9. The van der Waals surface area contributed by atoms with E-state index in [4.69, 9.17) is 21.7 Å². The first-order valence-corrected chi connectivity index (χ1v) is 12.7. The fraction of sp³-hybridized carbons (Fsp3) is 0.294. The minimum atomic E-state index is -1.27. The van der Waals surface area contributed by atoms with Crippen molar-refractivity contribution < 1.29 is 24.3 Å². The molecule has 33 heavy (non-hydrogen) atoms. The van der Waals surface area contributed by atoms with E-state index in [9.17, 15) is 19.5 Å². The standard InChI is InChI=1S/C17H18BrN7O5S3/c1-2-30-24-9(8-12(18)33-17(21)23-8)13(26)22-10-14(27)25-11(16(28)29)6(5-32-15(10)25)31-4-3-7(19)20/h3-4,10,15H,2,5H2,1H3,(H3,19,20)(H2,21,23)(H,22,26)(H,28,29)/b4-3+,24-9-/t10?,15-/m1/s1. The van der Waals surface area contributed by atoms with Gasteiger partial charge in [0.15, 0.2) is 10.8 Å². The zero-order valence-corrected chi connectivity index (χ0v) is 20.9. The number of thioether (sulfide) groups is 2. The number of hydrogen-bond donors (Lipinski definition) is 5. The fourth-order valence-corrected chi connectivity index (χ4v) is 6.54. The van der Waals surface area contributed by atoms with E-state index in [1.54, 1.807) is 6.92 Å². The molecule has 0 spiro atoms. The Bertz CT molecular complexity index is 1100. The maximum Gasteiger partial charge on any atom is 0.353 e. The van der Waals surface area contributed by atoms with Gasteiger partial charge in [0.2, 0.25) is 0 Å². The van der Waals surface area contributed by atoms with Crippen molar-refractivity contribution in [2.75, 3.05) is 18.1 Å². The van der Waals surface area contributed by atoms with Gasteiger partial charge in [0, 0.05) is 10.7 Å². The second-order valence-electron chi connectivity index (χ2n) is 6.35. The van der Waals surface area contributed by atoms with E-state index in [0.717, 1.165) is 28.0 Å². The molecule has 1 aromatic heterocycles. The predicted octanol–water partition coefficient (Wildman–Crippen LogP) is 1.11. The fourth-order valence-electron chi connectivity index (χ4n) is 2.86. The maximum absolute atomic E-state index is 12.9. The minimum absolute atomic E-state index is 0.161. The van der Waals surface area contributed by atoms with Crippen molar-refractivity contribution in [2.24, 2.45) is 10.9 Å². The number of β-lactam (4-membered cyclic amide) rings is 1. The molecule has 1 saturated heterocycles. The second kappa shape index (κ2) is 10.6. The summed E-state index contributed by atoms with van der Waals surface area (Å²) >= 11 is 6.76. The molecule has 3 heterocycles. The third kappa shape index (κ3) is 5.34. The van der Waals surface area contributed by atoms with Gasteiger partial charge < -0.3 is 26.7 Å². The highest BCUT2D eigenvalue weighted by Crippen LogP contribution is 2.43. The molecule has 2 aliphatic rings. The molecule has 16 heteroatoms. The topological polar surface area (TPSA) is 197 Å². The van der Waals surface area contributed by atoms with Gasteiger partial charge >= 0.3 is 5.97 Å². The van der Waals surface area contributed by atoms with Crippen molar-refractivity contribution in [3.8, 4) is 0 Å². The van der Waals surface area contributed by atoms with Crippen LogP contribution in [-0.2, 0) is 19.2 Å². The van der Waals surface area contributed by atoms with E-state index in [2.05, 4.69) is 31.4 Å². The number of nitrogen functional groups attached to an aromatic ring is 1. The number of amidine groups is 1. The minimum Gasteiger partial charge on any atom is -0.477 e. The molecular formula is C17H18BrN7O5S3. The summed E-state index contributed by atoms with van der Waals surface area (Å²) in [5.74, 6) is -2.43. The highest BCUT2D eigenvalue weighted by atomic mass is 79.9. The van der Waals surface area contributed by atoms with Crippen LogP contribution in [0.1, 0.15) is 12.6 Å². The Kier molecular flexibility index (Phi) is 8.04. The number of carboxylic acid groups (broad SMARTS) is 1. The number of nitrogens with one attached hydrogen (secondary N) is 2. The molecule has 3 rings (SSSR count). The largest absolute Gasteiger partial charge is 0.477 e. The van der Waals surface area contributed by atoms with Gasteiger partial charge in [0.25, 0.3) is 11.8 Å². The average Bonchev–Trinajstić information content (AvgIpc) is 3.08. The van der Waals surface area contributed by atoms with Gasteiger partial charge in [-0.05, 0) is 34.3 Å². The number of aromatic nitrogens is 1. The van der Waals surface area contributed by atoms with E-state index < -0.39 is 29.2 Å². The highest BCUT2D eigenvalue weighted by molar-refractivity contribution is 9.11. The molecule has 1 fully saturated rings. The highest BCUT2D eigenvalue weighted by Gasteiger charge is 2.54. The number of amides is 2. The molecule has 0 bridgehead atoms. The monoisotopic (exact) mass is 575 g/mol. The number of carboxylic acids is 1. The second-order valence-corrected chi connectivity index (χ2v) is 10.8. The molecule has 2 amide bonds. The Balaban J connectivity index is 1.80. The molecule has 1 aromatic rings. The van der Waals surface area contributed by atoms with Crippen molar-refractivity contribution in [3.05, 3.63) is 31.6 Å². The summed E-state index contributed by atoms with van der Waals surface area (Å²) in [6.07, 6.45) is 1.32. The molecule has 176 valence electrons. The van der Waals surface area contributed by atoms with E-state index in [1.165, 1.54) is 23.2 Å². The molecule has 0 aromatic carbocycles. The molecule has 2 atom stereocenters. The quantitative estimate of drug-likeness (QED) is 0.123. The Labute approximate surface area is 208 Å².